The van der Waals surface area contributed by atoms with Gasteiger partial charge in [0.15, 0.2) is 0 Å². The molecule has 0 atom stereocenters. The zero-order valence-corrected chi connectivity index (χ0v) is 12.5. The van der Waals surface area contributed by atoms with Crippen molar-refractivity contribution >= 4 is 33.0 Å². The van der Waals surface area contributed by atoms with E-state index in [0.717, 1.165) is 29.5 Å². The van der Waals surface area contributed by atoms with Gasteiger partial charge in [0.05, 0.1) is 4.92 Å². The second-order valence-corrected chi connectivity index (χ2v) is 5.99. The van der Waals surface area contributed by atoms with Crippen LogP contribution in [0, 0.1) is 10.1 Å². The first-order valence-corrected chi connectivity index (χ1v) is 7.49. The van der Waals surface area contributed by atoms with Crippen molar-refractivity contribution in [2.24, 2.45) is 0 Å². The maximum atomic E-state index is 10.5. The van der Waals surface area contributed by atoms with Gasteiger partial charge in [0.2, 0.25) is 0 Å². The lowest BCUT2D eigenvalue weighted by Gasteiger charge is -2.03. The molecule has 0 aliphatic rings. The molecule has 1 aromatic carbocycles. The van der Waals surface area contributed by atoms with E-state index < -0.39 is 0 Å². The van der Waals surface area contributed by atoms with E-state index in [4.69, 9.17) is 0 Å². The number of nitrogens with zero attached hydrogens (tertiary/aromatic N) is 1. The Morgan fingerprint density at radius 3 is 2.63 bits per heavy atom. The number of nitro groups is 1. The Morgan fingerprint density at radius 1 is 1.32 bits per heavy atom. The van der Waals surface area contributed by atoms with Crippen LogP contribution in [0.3, 0.4) is 0 Å². The molecule has 0 radical (unpaired) electrons. The van der Waals surface area contributed by atoms with E-state index in [1.807, 2.05) is 12.1 Å². The van der Waals surface area contributed by atoms with Crippen LogP contribution in [-0.4, -0.2) is 11.5 Å². The third-order valence-electron chi connectivity index (χ3n) is 2.66. The van der Waals surface area contributed by atoms with Crippen molar-refractivity contribution in [1.29, 1.82) is 0 Å². The molecule has 0 aliphatic heterocycles. The van der Waals surface area contributed by atoms with Crippen LogP contribution in [0.15, 0.2) is 40.2 Å². The summed E-state index contributed by atoms with van der Waals surface area (Å²) in [6.07, 6.45) is 0.866. The Balaban J connectivity index is 1.75. The molecule has 0 saturated carbocycles. The molecule has 1 aromatic heterocycles. The lowest BCUT2D eigenvalue weighted by Crippen LogP contribution is -2.15. The smallest absolute Gasteiger partial charge is 0.269 e. The van der Waals surface area contributed by atoms with Crippen molar-refractivity contribution < 1.29 is 4.92 Å². The summed E-state index contributed by atoms with van der Waals surface area (Å²) in [6.45, 7) is 1.70. The fourth-order valence-electron chi connectivity index (χ4n) is 1.68. The van der Waals surface area contributed by atoms with Crippen LogP contribution in [0.25, 0.3) is 0 Å². The summed E-state index contributed by atoms with van der Waals surface area (Å²) in [5.41, 5.74) is 1.24. The molecule has 1 heterocycles. The van der Waals surface area contributed by atoms with Crippen LogP contribution in [-0.2, 0) is 13.0 Å². The molecule has 0 unspecified atom stereocenters. The minimum atomic E-state index is -0.378. The highest BCUT2D eigenvalue weighted by molar-refractivity contribution is 9.10. The van der Waals surface area contributed by atoms with Gasteiger partial charge in [-0.25, -0.2) is 0 Å². The largest absolute Gasteiger partial charge is 0.312 e. The van der Waals surface area contributed by atoms with E-state index in [1.165, 1.54) is 4.88 Å². The van der Waals surface area contributed by atoms with Gasteiger partial charge in [0.25, 0.3) is 5.69 Å². The summed E-state index contributed by atoms with van der Waals surface area (Å²) in [6, 6.07) is 8.81. The average Bonchev–Trinajstić information content (AvgIpc) is 2.81. The molecule has 2 rings (SSSR count). The van der Waals surface area contributed by atoms with Gasteiger partial charge >= 0.3 is 0 Å². The van der Waals surface area contributed by atoms with E-state index in [-0.39, 0.29) is 10.6 Å². The molecular weight excluding hydrogens is 328 g/mol. The number of halogens is 1. The molecule has 100 valence electrons. The molecule has 19 heavy (non-hydrogen) atoms. The summed E-state index contributed by atoms with van der Waals surface area (Å²) in [5.74, 6) is 0. The van der Waals surface area contributed by atoms with Gasteiger partial charge in [0.1, 0.15) is 0 Å². The zero-order chi connectivity index (χ0) is 13.7. The van der Waals surface area contributed by atoms with Crippen LogP contribution in [0.4, 0.5) is 5.69 Å². The molecule has 6 heteroatoms. The number of benzene rings is 1. The molecule has 0 fully saturated rings. The fourth-order valence-corrected chi connectivity index (χ4v) is 3.10. The summed E-state index contributed by atoms with van der Waals surface area (Å²) >= 11 is 5.14. The molecule has 0 saturated heterocycles. The molecule has 0 amide bonds. The van der Waals surface area contributed by atoms with Crippen LogP contribution in [0.2, 0.25) is 0 Å². The van der Waals surface area contributed by atoms with E-state index in [0.29, 0.717) is 0 Å². The SMILES string of the molecule is O=[N+]([O-])c1ccc(CCNCc2cc(Br)cs2)cc1. The fraction of sp³-hybridized carbons (Fsp3) is 0.231. The lowest BCUT2D eigenvalue weighted by atomic mass is 10.1. The minimum absolute atomic E-state index is 0.139. The Kier molecular flexibility index (Phi) is 5.07. The first-order chi connectivity index (χ1) is 9.15. The normalized spacial score (nSPS) is 10.6. The molecular formula is C13H13BrN2O2S. The molecule has 0 bridgehead atoms. The topological polar surface area (TPSA) is 55.2 Å². The van der Waals surface area contributed by atoms with Gasteiger partial charge in [-0.05, 0) is 40.5 Å². The van der Waals surface area contributed by atoms with Gasteiger partial charge in [0, 0.05) is 33.4 Å². The number of hydrogen-bond donors (Lipinski definition) is 1. The number of non-ortho nitro benzene ring substituents is 1. The molecule has 2 aromatic rings. The van der Waals surface area contributed by atoms with Gasteiger partial charge in [-0.3, -0.25) is 10.1 Å². The van der Waals surface area contributed by atoms with Crippen LogP contribution in [0.1, 0.15) is 10.4 Å². The third-order valence-corrected chi connectivity index (χ3v) is 4.36. The Labute approximate surface area is 123 Å². The summed E-state index contributed by atoms with van der Waals surface area (Å²) in [5, 5.41) is 15.9. The number of nitrogens with one attached hydrogen (secondary N) is 1. The van der Waals surface area contributed by atoms with E-state index >= 15 is 0 Å². The Bertz CT molecular complexity index is 554. The average molecular weight is 341 g/mol. The number of nitro benzene ring substituents is 1. The van der Waals surface area contributed by atoms with Crippen molar-refractivity contribution in [3.63, 3.8) is 0 Å². The maximum Gasteiger partial charge on any atom is 0.269 e. The first kappa shape index (κ1) is 14.2. The number of rotatable bonds is 6. The second-order valence-electron chi connectivity index (χ2n) is 4.08. The van der Waals surface area contributed by atoms with Gasteiger partial charge in [-0.15, -0.1) is 11.3 Å². The monoisotopic (exact) mass is 340 g/mol. The van der Waals surface area contributed by atoms with Gasteiger partial charge in [-0.1, -0.05) is 12.1 Å². The predicted octanol–water partition coefficient (Wildman–Crippen LogP) is 3.75. The minimum Gasteiger partial charge on any atom is -0.312 e. The second kappa shape index (κ2) is 6.79. The highest BCUT2D eigenvalue weighted by Gasteiger charge is 2.03. The van der Waals surface area contributed by atoms with Crippen LogP contribution in [0.5, 0.6) is 0 Å². The lowest BCUT2D eigenvalue weighted by molar-refractivity contribution is -0.384. The maximum absolute atomic E-state index is 10.5. The summed E-state index contributed by atoms with van der Waals surface area (Å²) in [7, 11) is 0. The quantitative estimate of drug-likeness (QED) is 0.495. The summed E-state index contributed by atoms with van der Waals surface area (Å²) < 4.78 is 1.12. The van der Waals surface area contributed by atoms with E-state index in [9.17, 15) is 10.1 Å². The van der Waals surface area contributed by atoms with E-state index in [1.54, 1.807) is 23.5 Å². The molecule has 1 N–H and O–H groups in total. The Hall–Kier alpha value is -1.24. The first-order valence-electron chi connectivity index (χ1n) is 5.82. The van der Waals surface area contributed by atoms with Crippen LogP contribution >= 0.6 is 27.3 Å². The van der Waals surface area contributed by atoms with Crippen molar-refractivity contribution in [2.75, 3.05) is 6.54 Å². The summed E-state index contributed by atoms with van der Waals surface area (Å²) in [4.78, 5) is 11.4. The third kappa shape index (κ3) is 4.41. The number of hydrogen-bond acceptors (Lipinski definition) is 4. The van der Waals surface area contributed by atoms with Crippen molar-refractivity contribution in [1.82, 2.24) is 5.32 Å². The Morgan fingerprint density at radius 2 is 2.05 bits per heavy atom. The van der Waals surface area contributed by atoms with Crippen molar-refractivity contribution in [2.45, 2.75) is 13.0 Å². The van der Waals surface area contributed by atoms with Gasteiger partial charge < -0.3 is 5.32 Å². The predicted molar refractivity (Wildman–Crippen MR) is 80.5 cm³/mol. The molecule has 4 nitrogen and oxygen atoms in total. The highest BCUT2D eigenvalue weighted by Crippen LogP contribution is 2.19. The van der Waals surface area contributed by atoms with Crippen molar-refractivity contribution in [3.8, 4) is 0 Å². The van der Waals surface area contributed by atoms with Crippen LogP contribution < -0.4 is 5.32 Å². The molecule has 0 spiro atoms. The zero-order valence-electron chi connectivity index (χ0n) is 10.1. The molecule has 0 aliphatic carbocycles. The van der Waals surface area contributed by atoms with E-state index in [2.05, 4.69) is 32.7 Å². The van der Waals surface area contributed by atoms with Gasteiger partial charge in [-0.2, -0.15) is 0 Å². The highest BCUT2D eigenvalue weighted by atomic mass is 79.9. The number of thiophene rings is 1. The van der Waals surface area contributed by atoms with Crippen molar-refractivity contribution in [3.05, 3.63) is 60.7 Å². The standard InChI is InChI=1S/C13H13BrN2O2S/c14-11-7-13(19-9-11)8-15-6-5-10-1-3-12(4-2-10)16(17)18/h1-4,7,9,15H,5-6,8H2.